The Morgan fingerprint density at radius 2 is 1.92 bits per heavy atom. The maximum Gasteiger partial charge on any atom is 0.225 e. The Morgan fingerprint density at radius 1 is 1.20 bits per heavy atom. The van der Waals surface area contributed by atoms with Crippen LogP contribution in [0.5, 0.6) is 0 Å². The van der Waals surface area contributed by atoms with Crippen molar-refractivity contribution in [3.8, 4) is 11.1 Å². The molecule has 0 saturated carbocycles. The molecule has 0 aliphatic carbocycles. The van der Waals surface area contributed by atoms with Crippen molar-refractivity contribution in [2.45, 2.75) is 25.8 Å². The summed E-state index contributed by atoms with van der Waals surface area (Å²) in [4.78, 5) is 11.2. The number of piperidine rings is 1. The fourth-order valence-corrected chi connectivity index (χ4v) is 4.84. The standard InChI is InChI=1S/C18H18BrClN4S/c1-10-14(11-2-4-12(19)5-3-11)15-16(22-13-6-8-21-9-7-13)23-18(20)24-17(15)25-10/h2-5,13,21H,6-9H2,1H3,(H,22,23,24). The zero-order valence-corrected chi connectivity index (χ0v) is 16.9. The molecule has 25 heavy (non-hydrogen) atoms. The molecule has 0 atom stereocenters. The van der Waals surface area contributed by atoms with Gasteiger partial charge < -0.3 is 10.6 Å². The number of hydrogen-bond donors (Lipinski definition) is 2. The van der Waals surface area contributed by atoms with E-state index in [1.807, 2.05) is 0 Å². The average molecular weight is 438 g/mol. The molecule has 1 fully saturated rings. The molecule has 1 aliphatic heterocycles. The number of benzene rings is 1. The lowest BCUT2D eigenvalue weighted by Gasteiger charge is -2.24. The van der Waals surface area contributed by atoms with Crippen molar-refractivity contribution in [1.82, 2.24) is 15.3 Å². The number of nitrogens with zero attached hydrogens (tertiary/aromatic N) is 2. The van der Waals surface area contributed by atoms with E-state index >= 15 is 0 Å². The lowest BCUT2D eigenvalue weighted by atomic mass is 10.0. The molecule has 0 amide bonds. The summed E-state index contributed by atoms with van der Waals surface area (Å²) in [5.41, 5.74) is 2.37. The zero-order valence-electron chi connectivity index (χ0n) is 13.8. The predicted octanol–water partition coefficient (Wildman–Crippen LogP) is 5.25. The highest BCUT2D eigenvalue weighted by Crippen LogP contribution is 2.41. The van der Waals surface area contributed by atoms with Crippen molar-refractivity contribution in [3.05, 3.63) is 38.9 Å². The highest BCUT2D eigenvalue weighted by Gasteiger charge is 2.21. The van der Waals surface area contributed by atoms with E-state index in [1.165, 1.54) is 16.0 Å². The summed E-state index contributed by atoms with van der Waals surface area (Å²) in [6, 6.07) is 8.79. The summed E-state index contributed by atoms with van der Waals surface area (Å²) >= 11 is 11.4. The summed E-state index contributed by atoms with van der Waals surface area (Å²) < 4.78 is 1.07. The Balaban J connectivity index is 1.85. The van der Waals surface area contributed by atoms with Gasteiger partial charge in [0.15, 0.2) is 0 Å². The van der Waals surface area contributed by atoms with Gasteiger partial charge in [-0.25, -0.2) is 9.97 Å². The SMILES string of the molecule is Cc1sc2nc(Cl)nc(NC3CCNCC3)c2c1-c1ccc(Br)cc1. The zero-order chi connectivity index (χ0) is 17.4. The highest BCUT2D eigenvalue weighted by molar-refractivity contribution is 9.10. The van der Waals surface area contributed by atoms with Gasteiger partial charge in [-0.05, 0) is 62.2 Å². The van der Waals surface area contributed by atoms with Crippen LogP contribution in [0, 0.1) is 6.92 Å². The van der Waals surface area contributed by atoms with E-state index in [4.69, 9.17) is 11.6 Å². The van der Waals surface area contributed by atoms with Crippen LogP contribution < -0.4 is 10.6 Å². The summed E-state index contributed by atoms with van der Waals surface area (Å²) in [6.07, 6.45) is 2.17. The molecule has 130 valence electrons. The molecular weight excluding hydrogens is 420 g/mol. The van der Waals surface area contributed by atoms with Crippen molar-refractivity contribution in [2.75, 3.05) is 18.4 Å². The van der Waals surface area contributed by atoms with E-state index < -0.39 is 0 Å². The van der Waals surface area contributed by atoms with Crippen LogP contribution in [0.3, 0.4) is 0 Å². The summed E-state index contributed by atoms with van der Waals surface area (Å²) in [5.74, 6) is 0.851. The molecule has 1 aliphatic rings. The van der Waals surface area contributed by atoms with Crippen molar-refractivity contribution >= 4 is 54.9 Å². The number of nitrogens with one attached hydrogen (secondary N) is 2. The predicted molar refractivity (Wildman–Crippen MR) is 110 cm³/mol. The molecule has 1 saturated heterocycles. The van der Waals surface area contributed by atoms with E-state index in [9.17, 15) is 0 Å². The van der Waals surface area contributed by atoms with Gasteiger partial charge in [-0.3, -0.25) is 0 Å². The van der Waals surface area contributed by atoms with Gasteiger partial charge in [-0.15, -0.1) is 11.3 Å². The highest BCUT2D eigenvalue weighted by atomic mass is 79.9. The first-order chi connectivity index (χ1) is 12.1. The van der Waals surface area contributed by atoms with Crippen molar-refractivity contribution in [2.24, 2.45) is 0 Å². The van der Waals surface area contributed by atoms with Gasteiger partial charge in [0.2, 0.25) is 5.28 Å². The van der Waals surface area contributed by atoms with Crippen molar-refractivity contribution < 1.29 is 0 Å². The summed E-state index contributed by atoms with van der Waals surface area (Å²) in [7, 11) is 0. The second-order valence-corrected chi connectivity index (χ2v) is 8.69. The Hall–Kier alpha value is -1.21. The molecule has 3 aromatic rings. The Morgan fingerprint density at radius 3 is 2.64 bits per heavy atom. The fourth-order valence-electron chi connectivity index (χ4n) is 3.31. The number of hydrogen-bond acceptors (Lipinski definition) is 5. The summed E-state index contributed by atoms with van der Waals surface area (Å²) in [6.45, 7) is 4.19. The van der Waals surface area contributed by atoms with Gasteiger partial charge in [0.05, 0.1) is 5.39 Å². The fraction of sp³-hybridized carbons (Fsp3) is 0.333. The third-order valence-corrected chi connectivity index (χ3v) is 6.21. The molecule has 7 heteroatoms. The smallest absolute Gasteiger partial charge is 0.225 e. The lowest BCUT2D eigenvalue weighted by molar-refractivity contribution is 0.478. The first-order valence-electron chi connectivity index (χ1n) is 8.31. The number of rotatable bonds is 3. The van der Waals surface area contributed by atoms with E-state index in [1.54, 1.807) is 11.3 Å². The second kappa shape index (κ2) is 7.19. The molecule has 0 bridgehead atoms. The molecule has 2 aromatic heterocycles. The maximum atomic E-state index is 6.20. The van der Waals surface area contributed by atoms with E-state index in [0.29, 0.717) is 11.3 Å². The number of fused-ring (bicyclic) bond motifs is 1. The molecule has 0 spiro atoms. The number of halogens is 2. The average Bonchev–Trinajstić information content (AvgIpc) is 2.92. The van der Waals surface area contributed by atoms with E-state index in [0.717, 1.165) is 46.4 Å². The third kappa shape index (κ3) is 3.53. The Bertz CT molecular complexity index is 904. The number of thiophene rings is 1. The van der Waals surface area contributed by atoms with Gasteiger partial charge in [0.25, 0.3) is 0 Å². The quantitative estimate of drug-likeness (QED) is 0.550. The monoisotopic (exact) mass is 436 g/mol. The van der Waals surface area contributed by atoms with Gasteiger partial charge in [-0.2, -0.15) is 0 Å². The first-order valence-corrected chi connectivity index (χ1v) is 10.3. The van der Waals surface area contributed by atoms with Crippen LogP contribution in [-0.4, -0.2) is 29.1 Å². The van der Waals surface area contributed by atoms with Crippen LogP contribution in [0.1, 0.15) is 17.7 Å². The Kier molecular flexibility index (Phi) is 4.95. The first kappa shape index (κ1) is 17.2. The molecule has 3 heterocycles. The molecule has 1 aromatic carbocycles. The topological polar surface area (TPSA) is 49.8 Å². The van der Waals surface area contributed by atoms with Crippen LogP contribution in [0.15, 0.2) is 28.7 Å². The number of aromatic nitrogens is 2. The van der Waals surface area contributed by atoms with Crippen LogP contribution in [-0.2, 0) is 0 Å². The molecule has 0 radical (unpaired) electrons. The lowest BCUT2D eigenvalue weighted by Crippen LogP contribution is -2.35. The van der Waals surface area contributed by atoms with Gasteiger partial charge in [-0.1, -0.05) is 28.1 Å². The minimum atomic E-state index is 0.299. The summed E-state index contributed by atoms with van der Waals surface area (Å²) in [5, 5.41) is 8.39. The van der Waals surface area contributed by atoms with Crippen molar-refractivity contribution in [1.29, 1.82) is 0 Å². The largest absolute Gasteiger partial charge is 0.367 e. The minimum absolute atomic E-state index is 0.299. The van der Waals surface area contributed by atoms with Gasteiger partial charge >= 0.3 is 0 Å². The maximum absolute atomic E-state index is 6.20. The van der Waals surface area contributed by atoms with Crippen LogP contribution in [0.4, 0.5) is 5.82 Å². The molecular formula is C18H18BrClN4S. The number of anilines is 1. The Labute approximate surface area is 164 Å². The van der Waals surface area contributed by atoms with Crippen LogP contribution >= 0.6 is 38.9 Å². The minimum Gasteiger partial charge on any atom is -0.367 e. The van der Waals surface area contributed by atoms with E-state index in [2.05, 4.69) is 67.7 Å². The van der Waals surface area contributed by atoms with Gasteiger partial charge in [0.1, 0.15) is 10.6 Å². The third-order valence-electron chi connectivity index (χ3n) is 4.51. The van der Waals surface area contributed by atoms with Crippen LogP contribution in [0.25, 0.3) is 21.3 Å². The molecule has 4 nitrogen and oxygen atoms in total. The molecule has 0 unspecified atom stereocenters. The van der Waals surface area contributed by atoms with Gasteiger partial charge in [0, 0.05) is 21.0 Å². The van der Waals surface area contributed by atoms with E-state index in [-0.39, 0.29) is 0 Å². The van der Waals surface area contributed by atoms with Crippen molar-refractivity contribution in [3.63, 3.8) is 0 Å². The second-order valence-electron chi connectivity index (χ2n) is 6.23. The van der Waals surface area contributed by atoms with Crippen LogP contribution in [0.2, 0.25) is 5.28 Å². The normalized spacial score (nSPS) is 15.6. The molecule has 2 N–H and O–H groups in total. The number of aryl methyl sites for hydroxylation is 1. The molecule has 4 rings (SSSR count).